The molecule has 5 heteroatoms. The molecule has 2 nitrogen and oxygen atoms in total. The van der Waals surface area contributed by atoms with Crippen LogP contribution in [0.1, 0.15) is 12.5 Å². The number of hydrogen-bond acceptors (Lipinski definition) is 2. The minimum absolute atomic E-state index is 0.0890. The lowest BCUT2D eigenvalue weighted by Crippen LogP contribution is -2.03. The van der Waals surface area contributed by atoms with Crippen molar-refractivity contribution < 1.29 is 9.13 Å². The molecule has 0 fully saturated rings. The van der Waals surface area contributed by atoms with Gasteiger partial charge in [-0.2, -0.15) is 0 Å². The van der Waals surface area contributed by atoms with E-state index < -0.39 is 5.82 Å². The molecule has 0 bridgehead atoms. The third-order valence-electron chi connectivity index (χ3n) is 2.72. The number of hydrogen-bond donors (Lipinski definition) is 1. The smallest absolute Gasteiger partial charge is 0.141 e. The molecule has 0 spiro atoms. The van der Waals surface area contributed by atoms with Gasteiger partial charge in [-0.25, -0.2) is 4.39 Å². The van der Waals surface area contributed by atoms with E-state index in [9.17, 15) is 4.39 Å². The molecule has 0 unspecified atom stereocenters. The highest BCUT2D eigenvalue weighted by Crippen LogP contribution is 2.25. The fourth-order valence-corrected chi connectivity index (χ4v) is 2.16. The van der Waals surface area contributed by atoms with E-state index in [-0.39, 0.29) is 5.02 Å². The fraction of sp³-hybridized carbons (Fsp3) is 0.200. The number of rotatable bonds is 5. The Labute approximate surface area is 127 Å². The zero-order chi connectivity index (χ0) is 14.5. The molecule has 0 radical (unpaired) electrons. The van der Waals surface area contributed by atoms with E-state index in [2.05, 4.69) is 5.32 Å². The van der Waals surface area contributed by atoms with Crippen LogP contribution in [0.3, 0.4) is 0 Å². The minimum Gasteiger partial charge on any atom is -0.494 e. The quantitative estimate of drug-likeness (QED) is 0.824. The second-order valence-electron chi connectivity index (χ2n) is 4.17. The maximum absolute atomic E-state index is 13.1. The molecule has 0 atom stereocenters. The molecule has 0 aliphatic carbocycles. The maximum Gasteiger partial charge on any atom is 0.141 e. The molecule has 0 amide bonds. The van der Waals surface area contributed by atoms with Crippen molar-refractivity contribution in [3.63, 3.8) is 0 Å². The van der Waals surface area contributed by atoms with Gasteiger partial charge in [-0.15, -0.1) is 0 Å². The van der Waals surface area contributed by atoms with Gasteiger partial charge in [-0.05, 0) is 43.3 Å². The molecule has 0 aliphatic rings. The van der Waals surface area contributed by atoms with Crippen LogP contribution in [0.5, 0.6) is 5.75 Å². The van der Waals surface area contributed by atoms with Crippen molar-refractivity contribution in [2.75, 3.05) is 11.9 Å². The van der Waals surface area contributed by atoms with Gasteiger partial charge in [0.15, 0.2) is 0 Å². The first-order valence-electron chi connectivity index (χ1n) is 6.20. The third-order valence-corrected chi connectivity index (χ3v) is 3.25. The highest BCUT2D eigenvalue weighted by atomic mass is 35.5. The van der Waals surface area contributed by atoms with Gasteiger partial charge < -0.3 is 10.1 Å². The fourth-order valence-electron chi connectivity index (χ4n) is 1.79. The van der Waals surface area contributed by atoms with Crippen molar-refractivity contribution in [3.05, 3.63) is 57.8 Å². The summed E-state index contributed by atoms with van der Waals surface area (Å²) in [6.45, 7) is 3.01. The van der Waals surface area contributed by atoms with Gasteiger partial charge in [-0.3, -0.25) is 0 Å². The van der Waals surface area contributed by atoms with Gasteiger partial charge in [-0.1, -0.05) is 23.2 Å². The van der Waals surface area contributed by atoms with E-state index in [4.69, 9.17) is 27.9 Å². The third kappa shape index (κ3) is 3.78. The van der Waals surface area contributed by atoms with Gasteiger partial charge in [0, 0.05) is 22.8 Å². The molecule has 20 heavy (non-hydrogen) atoms. The lowest BCUT2D eigenvalue weighted by molar-refractivity contribution is 0.337. The van der Waals surface area contributed by atoms with E-state index in [1.54, 1.807) is 18.2 Å². The number of benzene rings is 2. The molecule has 0 aromatic heterocycles. The summed E-state index contributed by atoms with van der Waals surface area (Å²) in [6.07, 6.45) is 0. The Hall–Kier alpha value is -1.45. The summed E-state index contributed by atoms with van der Waals surface area (Å²) >= 11 is 11.7. The molecule has 0 heterocycles. The molecule has 2 aromatic rings. The zero-order valence-electron chi connectivity index (χ0n) is 10.9. The van der Waals surface area contributed by atoms with Crippen molar-refractivity contribution in [1.82, 2.24) is 0 Å². The summed E-state index contributed by atoms with van der Waals surface area (Å²) in [5.41, 5.74) is 1.67. The Kier molecular flexibility index (Phi) is 5.10. The zero-order valence-corrected chi connectivity index (χ0v) is 12.4. The Morgan fingerprint density at radius 2 is 1.95 bits per heavy atom. The molecule has 0 aliphatic heterocycles. The van der Waals surface area contributed by atoms with Gasteiger partial charge >= 0.3 is 0 Å². The summed E-state index contributed by atoms with van der Waals surface area (Å²) in [5.74, 6) is 0.340. The predicted octanol–water partition coefficient (Wildman–Crippen LogP) is 5.14. The number of anilines is 1. The molecule has 0 saturated carbocycles. The standard InChI is InChI=1S/C15H14Cl2FNO/c1-2-20-15-6-3-11(16)7-10(15)9-19-12-4-5-14(18)13(17)8-12/h3-8,19H,2,9H2,1H3. The largest absolute Gasteiger partial charge is 0.494 e. The number of halogens is 3. The van der Waals surface area contributed by atoms with Gasteiger partial charge in [0.2, 0.25) is 0 Å². The molecular formula is C15H14Cl2FNO. The van der Waals surface area contributed by atoms with Crippen LogP contribution in [0.25, 0.3) is 0 Å². The Bertz CT molecular complexity index is 604. The second-order valence-corrected chi connectivity index (χ2v) is 5.01. The Morgan fingerprint density at radius 3 is 2.65 bits per heavy atom. The lowest BCUT2D eigenvalue weighted by atomic mass is 10.2. The summed E-state index contributed by atoms with van der Waals surface area (Å²) < 4.78 is 18.6. The van der Waals surface area contributed by atoms with Crippen molar-refractivity contribution in [1.29, 1.82) is 0 Å². The van der Waals surface area contributed by atoms with Crippen LogP contribution < -0.4 is 10.1 Å². The van der Waals surface area contributed by atoms with Gasteiger partial charge in [0.1, 0.15) is 11.6 Å². The minimum atomic E-state index is -0.435. The van der Waals surface area contributed by atoms with E-state index in [1.165, 1.54) is 6.07 Å². The molecule has 106 valence electrons. The topological polar surface area (TPSA) is 21.3 Å². The average Bonchev–Trinajstić information content (AvgIpc) is 2.43. The number of nitrogens with one attached hydrogen (secondary N) is 1. The molecule has 0 saturated heterocycles. The van der Waals surface area contributed by atoms with E-state index >= 15 is 0 Å². The van der Waals surface area contributed by atoms with Gasteiger partial charge in [0.25, 0.3) is 0 Å². The highest BCUT2D eigenvalue weighted by molar-refractivity contribution is 6.31. The van der Waals surface area contributed by atoms with Crippen LogP contribution in [-0.4, -0.2) is 6.61 Å². The number of ether oxygens (including phenoxy) is 1. The van der Waals surface area contributed by atoms with Crippen LogP contribution in [0.4, 0.5) is 10.1 Å². The van der Waals surface area contributed by atoms with Crippen molar-refractivity contribution in [2.24, 2.45) is 0 Å². The van der Waals surface area contributed by atoms with E-state index in [0.29, 0.717) is 18.2 Å². The van der Waals surface area contributed by atoms with Crippen molar-refractivity contribution in [2.45, 2.75) is 13.5 Å². The van der Waals surface area contributed by atoms with Crippen LogP contribution >= 0.6 is 23.2 Å². The van der Waals surface area contributed by atoms with Crippen molar-refractivity contribution >= 4 is 28.9 Å². The summed E-state index contributed by atoms with van der Waals surface area (Å²) in [5, 5.41) is 3.90. The van der Waals surface area contributed by atoms with Gasteiger partial charge in [0.05, 0.1) is 11.6 Å². The van der Waals surface area contributed by atoms with Crippen LogP contribution in [0.2, 0.25) is 10.0 Å². The van der Waals surface area contributed by atoms with Crippen LogP contribution in [-0.2, 0) is 6.54 Å². The summed E-state index contributed by atoms with van der Waals surface area (Å²) in [7, 11) is 0. The highest BCUT2D eigenvalue weighted by Gasteiger charge is 2.06. The average molecular weight is 314 g/mol. The summed E-state index contributed by atoms with van der Waals surface area (Å²) in [6, 6.07) is 9.95. The SMILES string of the molecule is CCOc1ccc(Cl)cc1CNc1ccc(F)c(Cl)c1. The lowest BCUT2D eigenvalue weighted by Gasteiger charge is -2.12. The monoisotopic (exact) mass is 313 g/mol. The molecule has 2 rings (SSSR count). The second kappa shape index (κ2) is 6.82. The van der Waals surface area contributed by atoms with E-state index in [1.807, 2.05) is 19.1 Å². The van der Waals surface area contributed by atoms with E-state index in [0.717, 1.165) is 17.0 Å². The molecule has 2 aromatic carbocycles. The summed E-state index contributed by atoms with van der Waals surface area (Å²) in [4.78, 5) is 0. The molecular weight excluding hydrogens is 300 g/mol. The normalized spacial score (nSPS) is 10.4. The first-order chi connectivity index (χ1) is 9.60. The maximum atomic E-state index is 13.1. The van der Waals surface area contributed by atoms with Crippen LogP contribution in [0.15, 0.2) is 36.4 Å². The first kappa shape index (κ1) is 14.9. The Morgan fingerprint density at radius 1 is 1.15 bits per heavy atom. The predicted molar refractivity (Wildman–Crippen MR) is 81.4 cm³/mol. The first-order valence-corrected chi connectivity index (χ1v) is 6.96. The Balaban J connectivity index is 2.13. The molecule has 1 N–H and O–H groups in total. The van der Waals surface area contributed by atoms with Crippen LogP contribution in [0, 0.1) is 5.82 Å². The van der Waals surface area contributed by atoms with Crippen molar-refractivity contribution in [3.8, 4) is 5.75 Å².